The summed E-state index contributed by atoms with van der Waals surface area (Å²) < 4.78 is 13.9. The first-order chi connectivity index (χ1) is 18.1. The Morgan fingerprint density at radius 3 is 2.54 bits per heavy atom. The lowest BCUT2D eigenvalue weighted by atomic mass is 10.0. The van der Waals surface area contributed by atoms with E-state index in [1.807, 2.05) is 66.7 Å². The first-order valence-corrected chi connectivity index (χ1v) is 11.7. The zero-order valence-corrected chi connectivity index (χ0v) is 19.9. The van der Waals surface area contributed by atoms with E-state index in [9.17, 15) is 9.59 Å². The Kier molecular flexibility index (Phi) is 5.54. The third-order valence-electron chi connectivity index (χ3n) is 6.14. The monoisotopic (exact) mass is 490 g/mol. The molecule has 8 nitrogen and oxygen atoms in total. The number of pyridine rings is 1. The van der Waals surface area contributed by atoms with Gasteiger partial charge in [0.05, 0.1) is 6.54 Å². The number of benzene rings is 3. The highest BCUT2D eigenvalue weighted by Crippen LogP contribution is 2.41. The van der Waals surface area contributed by atoms with Crippen molar-refractivity contribution in [2.45, 2.75) is 6.54 Å². The zero-order chi connectivity index (χ0) is 25.4. The topological polar surface area (TPSA) is 102 Å². The number of oxazole rings is 1. The molecule has 0 aliphatic carbocycles. The van der Waals surface area contributed by atoms with Gasteiger partial charge in [0, 0.05) is 41.5 Å². The molecular weight excluding hydrogens is 468 g/mol. The Bertz CT molecular complexity index is 1800. The van der Waals surface area contributed by atoms with Crippen molar-refractivity contribution in [1.29, 1.82) is 0 Å². The number of hydrogen-bond acceptors (Lipinski definition) is 5. The summed E-state index contributed by atoms with van der Waals surface area (Å²) in [6, 6.07) is 24.0. The molecule has 37 heavy (non-hydrogen) atoms. The van der Waals surface area contributed by atoms with Gasteiger partial charge >= 0.3 is 0 Å². The van der Waals surface area contributed by atoms with E-state index in [2.05, 4.69) is 15.3 Å². The third-order valence-corrected chi connectivity index (χ3v) is 6.14. The van der Waals surface area contributed by atoms with E-state index < -0.39 is 0 Å². The molecule has 6 aromatic rings. The largest absolute Gasteiger partial charge is 0.454 e. The summed E-state index contributed by atoms with van der Waals surface area (Å²) in [5.74, 6) is 1.26. The van der Waals surface area contributed by atoms with Crippen molar-refractivity contribution in [1.82, 2.24) is 19.9 Å². The lowest BCUT2D eigenvalue weighted by Gasteiger charge is -2.13. The van der Waals surface area contributed by atoms with Crippen molar-refractivity contribution in [2.24, 2.45) is 7.05 Å². The normalized spacial score (nSPS) is 11.2. The first kappa shape index (κ1) is 22.4. The minimum absolute atomic E-state index is 0.115. The number of nitrogens with zero attached hydrogens (tertiary/aromatic N) is 2. The second-order valence-electron chi connectivity index (χ2n) is 8.59. The highest BCUT2D eigenvalue weighted by atomic mass is 16.5. The standard InChI is InChI=1S/C29H22N4O4/c1-33-17-22(20-14-15-30-25(20)29(33)35)21-12-13-23-26(27(21)36-19-10-6-3-7-11-19)32-24(37-23)16-31-28(34)18-8-4-2-5-9-18/h2-15,17,30H,16H2,1H3,(H,31,34). The Morgan fingerprint density at radius 2 is 1.76 bits per heavy atom. The van der Waals surface area contributed by atoms with Crippen molar-refractivity contribution < 1.29 is 13.9 Å². The Morgan fingerprint density at radius 1 is 1.00 bits per heavy atom. The summed E-state index contributed by atoms with van der Waals surface area (Å²) in [4.78, 5) is 32.9. The average molecular weight is 491 g/mol. The Labute approximate surface area is 211 Å². The maximum Gasteiger partial charge on any atom is 0.274 e. The second kappa shape index (κ2) is 9.16. The van der Waals surface area contributed by atoms with Crippen molar-refractivity contribution in [3.05, 3.63) is 113 Å². The Balaban J connectivity index is 1.45. The number of amides is 1. The van der Waals surface area contributed by atoms with Crippen molar-refractivity contribution in [2.75, 3.05) is 0 Å². The molecule has 3 heterocycles. The van der Waals surface area contributed by atoms with Gasteiger partial charge in [-0.15, -0.1) is 0 Å². The van der Waals surface area contributed by atoms with E-state index in [-0.39, 0.29) is 18.0 Å². The van der Waals surface area contributed by atoms with Crippen LogP contribution in [0.4, 0.5) is 0 Å². The quantitative estimate of drug-likeness (QED) is 0.326. The van der Waals surface area contributed by atoms with Gasteiger partial charge in [0.1, 0.15) is 11.3 Å². The van der Waals surface area contributed by atoms with Gasteiger partial charge in [-0.3, -0.25) is 9.59 Å². The second-order valence-corrected chi connectivity index (χ2v) is 8.59. The molecule has 2 N–H and O–H groups in total. The molecule has 0 unspecified atom stereocenters. The van der Waals surface area contributed by atoms with Gasteiger partial charge in [-0.25, -0.2) is 4.98 Å². The number of fused-ring (bicyclic) bond motifs is 2. The summed E-state index contributed by atoms with van der Waals surface area (Å²) >= 11 is 0. The van der Waals surface area contributed by atoms with Crippen LogP contribution in [0.1, 0.15) is 16.2 Å². The van der Waals surface area contributed by atoms with Gasteiger partial charge < -0.3 is 24.0 Å². The van der Waals surface area contributed by atoms with Crippen LogP contribution in [0.5, 0.6) is 11.5 Å². The summed E-state index contributed by atoms with van der Waals surface area (Å²) in [6.07, 6.45) is 3.54. The molecule has 0 aliphatic heterocycles. The molecule has 0 atom stereocenters. The van der Waals surface area contributed by atoms with Crippen LogP contribution in [0.2, 0.25) is 0 Å². The lowest BCUT2D eigenvalue weighted by Crippen LogP contribution is -2.22. The molecule has 0 radical (unpaired) electrons. The number of aryl methyl sites for hydroxylation is 1. The molecule has 1 amide bonds. The molecular formula is C29H22N4O4. The fraction of sp³-hybridized carbons (Fsp3) is 0.0690. The number of H-pyrrole nitrogens is 1. The number of carbonyl (C=O) groups excluding carboxylic acids is 1. The predicted octanol–water partition coefficient (Wildman–Crippen LogP) is 5.40. The fourth-order valence-corrected chi connectivity index (χ4v) is 4.34. The van der Waals surface area contributed by atoms with Gasteiger partial charge in [-0.05, 0) is 42.5 Å². The maximum atomic E-state index is 12.6. The number of nitrogens with one attached hydrogen (secondary N) is 2. The number of carbonyl (C=O) groups is 1. The van der Waals surface area contributed by atoms with Crippen LogP contribution in [0.15, 0.2) is 100 Å². The SMILES string of the molecule is Cn1cc(-c2ccc3oc(CNC(=O)c4ccccc4)nc3c2Oc2ccccc2)c2cc[nH]c2c1=O. The van der Waals surface area contributed by atoms with Crippen LogP contribution < -0.4 is 15.6 Å². The molecule has 0 aliphatic rings. The van der Waals surface area contributed by atoms with E-state index in [0.717, 1.165) is 16.5 Å². The minimum Gasteiger partial charge on any atom is -0.454 e. The van der Waals surface area contributed by atoms with Crippen LogP contribution in [-0.4, -0.2) is 20.4 Å². The van der Waals surface area contributed by atoms with Crippen molar-refractivity contribution >= 4 is 27.9 Å². The number of para-hydroxylation sites is 1. The molecule has 0 fully saturated rings. The van der Waals surface area contributed by atoms with Crippen LogP contribution >= 0.6 is 0 Å². The minimum atomic E-state index is -0.218. The summed E-state index contributed by atoms with van der Waals surface area (Å²) in [7, 11) is 1.71. The van der Waals surface area contributed by atoms with Crippen molar-refractivity contribution in [3.63, 3.8) is 0 Å². The van der Waals surface area contributed by atoms with Gasteiger partial charge in [0.2, 0.25) is 5.89 Å². The first-order valence-electron chi connectivity index (χ1n) is 11.7. The van der Waals surface area contributed by atoms with E-state index in [1.165, 1.54) is 4.57 Å². The van der Waals surface area contributed by atoms with Crippen LogP contribution in [-0.2, 0) is 13.6 Å². The van der Waals surface area contributed by atoms with Gasteiger partial charge in [0.25, 0.3) is 11.5 Å². The summed E-state index contributed by atoms with van der Waals surface area (Å²) in [5, 5.41) is 3.62. The predicted molar refractivity (Wildman–Crippen MR) is 141 cm³/mol. The zero-order valence-electron chi connectivity index (χ0n) is 19.9. The number of hydrogen-bond donors (Lipinski definition) is 2. The van der Waals surface area contributed by atoms with E-state index in [1.54, 1.807) is 31.6 Å². The van der Waals surface area contributed by atoms with Gasteiger partial charge in [-0.1, -0.05) is 36.4 Å². The van der Waals surface area contributed by atoms with E-state index in [0.29, 0.717) is 39.6 Å². The number of ether oxygens (including phenoxy) is 1. The molecule has 3 aromatic heterocycles. The molecule has 182 valence electrons. The molecule has 3 aromatic carbocycles. The molecule has 8 heteroatoms. The average Bonchev–Trinajstić information content (AvgIpc) is 3.59. The molecule has 0 saturated carbocycles. The van der Waals surface area contributed by atoms with Gasteiger partial charge in [-0.2, -0.15) is 0 Å². The van der Waals surface area contributed by atoms with E-state index in [4.69, 9.17) is 9.15 Å². The van der Waals surface area contributed by atoms with Crippen LogP contribution in [0.25, 0.3) is 33.1 Å². The van der Waals surface area contributed by atoms with Crippen molar-refractivity contribution in [3.8, 4) is 22.6 Å². The lowest BCUT2D eigenvalue weighted by molar-refractivity contribution is 0.0947. The molecule has 6 rings (SSSR count). The molecule has 0 bridgehead atoms. The Hall–Kier alpha value is -5.11. The fourth-order valence-electron chi connectivity index (χ4n) is 4.34. The van der Waals surface area contributed by atoms with Gasteiger partial charge in [0.15, 0.2) is 16.8 Å². The summed E-state index contributed by atoms with van der Waals surface area (Å²) in [6.45, 7) is 0.115. The number of rotatable bonds is 6. The highest BCUT2D eigenvalue weighted by molar-refractivity contribution is 6.00. The van der Waals surface area contributed by atoms with E-state index >= 15 is 0 Å². The van der Waals surface area contributed by atoms with Crippen LogP contribution in [0.3, 0.4) is 0 Å². The maximum absolute atomic E-state index is 12.6. The third kappa shape index (κ3) is 4.14. The molecule has 0 saturated heterocycles. The number of aromatic amines is 1. The number of aromatic nitrogens is 3. The molecule has 0 spiro atoms. The summed E-state index contributed by atoms with van der Waals surface area (Å²) in [5.41, 5.74) is 3.55. The highest BCUT2D eigenvalue weighted by Gasteiger charge is 2.21. The van der Waals surface area contributed by atoms with Crippen LogP contribution in [0, 0.1) is 0 Å². The smallest absolute Gasteiger partial charge is 0.274 e.